The smallest absolute Gasteiger partial charge is 0.335 e. The van der Waals surface area contributed by atoms with Crippen LogP contribution in [-0.4, -0.2) is 51.9 Å². The summed E-state index contributed by atoms with van der Waals surface area (Å²) < 4.78 is 0. The molecule has 48 heavy (non-hydrogen) atoms. The first-order valence-electron chi connectivity index (χ1n) is 14.2. The summed E-state index contributed by atoms with van der Waals surface area (Å²) in [6.07, 6.45) is 6.12. The third-order valence-electron chi connectivity index (χ3n) is 7.90. The normalized spacial score (nSPS) is 11.8. The van der Waals surface area contributed by atoms with Crippen molar-refractivity contribution < 1.29 is 29.6 Å². The van der Waals surface area contributed by atoms with E-state index < -0.39 is 21.8 Å². The molecule has 0 atom stereocenters. The van der Waals surface area contributed by atoms with Crippen LogP contribution in [0.5, 0.6) is 0 Å². The van der Waals surface area contributed by atoms with Gasteiger partial charge in [-0.2, -0.15) is 0 Å². The molecular formula is C34H20N6O8. The van der Waals surface area contributed by atoms with E-state index in [0.717, 1.165) is 0 Å². The Labute approximate surface area is 268 Å². The Morgan fingerprint density at radius 3 is 1.19 bits per heavy atom. The van der Waals surface area contributed by atoms with Crippen molar-refractivity contribution in [2.45, 2.75) is 0 Å². The van der Waals surface area contributed by atoms with E-state index in [1.54, 1.807) is 48.6 Å². The summed E-state index contributed by atoms with van der Waals surface area (Å²) in [7, 11) is 0. The summed E-state index contributed by atoms with van der Waals surface area (Å²) in [4.78, 5) is 62.3. The van der Waals surface area contributed by atoms with Crippen molar-refractivity contribution in [2.24, 2.45) is 0 Å². The van der Waals surface area contributed by atoms with Gasteiger partial charge in [0.2, 0.25) is 0 Å². The van der Waals surface area contributed by atoms with Gasteiger partial charge in [0.05, 0.1) is 32.4 Å². The Bertz CT molecular complexity index is 2280. The number of nitrogens with one attached hydrogen (secondary N) is 2. The number of carboxylic acid groups (broad SMARTS) is 2. The molecule has 5 heterocycles. The highest BCUT2D eigenvalue weighted by molar-refractivity contribution is 5.97. The zero-order chi connectivity index (χ0) is 33.7. The van der Waals surface area contributed by atoms with E-state index in [4.69, 9.17) is 0 Å². The van der Waals surface area contributed by atoms with Crippen LogP contribution in [0.15, 0.2) is 72.8 Å². The largest absolute Gasteiger partial charge is 0.478 e. The molecule has 0 fully saturated rings. The Morgan fingerprint density at radius 2 is 0.854 bits per heavy atom. The Hall–Kier alpha value is -7.22. The molecule has 0 amide bonds. The van der Waals surface area contributed by atoms with E-state index in [-0.39, 0.29) is 44.9 Å². The first-order valence-corrected chi connectivity index (χ1v) is 14.2. The Kier molecular flexibility index (Phi) is 6.94. The van der Waals surface area contributed by atoms with Gasteiger partial charge in [0.25, 0.3) is 0 Å². The highest BCUT2D eigenvalue weighted by atomic mass is 16.6. The minimum atomic E-state index is -1.12. The number of hydrogen-bond donors (Lipinski definition) is 4. The van der Waals surface area contributed by atoms with E-state index in [9.17, 15) is 40.0 Å². The average molecular weight is 641 g/mol. The maximum absolute atomic E-state index is 12.5. The molecule has 2 aliphatic rings. The zero-order valence-corrected chi connectivity index (χ0v) is 24.4. The second kappa shape index (κ2) is 11.3. The fourth-order valence-electron chi connectivity index (χ4n) is 5.73. The van der Waals surface area contributed by atoms with Crippen molar-refractivity contribution in [2.75, 3.05) is 0 Å². The molecule has 0 unspecified atom stereocenters. The molecule has 3 aromatic heterocycles. The number of nitrogens with zero attached hydrogens (tertiary/aromatic N) is 4. The molecule has 0 radical (unpaired) electrons. The van der Waals surface area contributed by atoms with E-state index in [0.29, 0.717) is 44.7 Å². The second-order valence-electron chi connectivity index (χ2n) is 10.7. The van der Waals surface area contributed by atoms with Crippen LogP contribution in [0.2, 0.25) is 0 Å². The number of fused-ring (bicyclic) bond motifs is 8. The maximum atomic E-state index is 12.5. The summed E-state index contributed by atoms with van der Waals surface area (Å²) in [5.41, 5.74) is 2.93. The lowest BCUT2D eigenvalue weighted by Crippen LogP contribution is -1.96. The molecule has 5 aromatic rings. The van der Waals surface area contributed by atoms with Crippen molar-refractivity contribution in [3.05, 3.63) is 127 Å². The molecule has 0 aliphatic carbocycles. The minimum absolute atomic E-state index is 0.0283. The molecule has 2 aromatic carbocycles. The van der Waals surface area contributed by atoms with Crippen molar-refractivity contribution in [1.29, 1.82) is 0 Å². The molecular weight excluding hydrogens is 620 g/mol. The van der Waals surface area contributed by atoms with Gasteiger partial charge in [0.1, 0.15) is 22.4 Å². The molecule has 14 heteroatoms. The van der Waals surface area contributed by atoms with Crippen LogP contribution in [0.25, 0.3) is 68.6 Å². The molecule has 0 spiro atoms. The molecule has 0 saturated heterocycles. The van der Waals surface area contributed by atoms with Gasteiger partial charge < -0.3 is 20.2 Å². The summed E-state index contributed by atoms with van der Waals surface area (Å²) >= 11 is 0. The first kappa shape index (κ1) is 29.5. The monoisotopic (exact) mass is 640 g/mol. The molecule has 2 aliphatic heterocycles. The van der Waals surface area contributed by atoms with E-state index in [1.165, 1.54) is 48.6 Å². The number of rotatable bonds is 6. The highest BCUT2D eigenvalue weighted by Gasteiger charge is 2.24. The van der Waals surface area contributed by atoms with Crippen molar-refractivity contribution in [1.82, 2.24) is 19.9 Å². The molecule has 0 saturated carbocycles. The van der Waals surface area contributed by atoms with Gasteiger partial charge in [0.15, 0.2) is 0 Å². The third kappa shape index (κ3) is 5.04. The zero-order valence-electron chi connectivity index (χ0n) is 24.4. The predicted octanol–water partition coefficient (Wildman–Crippen LogP) is 7.20. The fraction of sp³-hybridized carbons (Fsp3) is 0. The number of benzene rings is 2. The van der Waals surface area contributed by atoms with Crippen LogP contribution in [0.4, 0.5) is 11.4 Å². The van der Waals surface area contributed by atoms with Gasteiger partial charge in [0, 0.05) is 22.2 Å². The number of aromatic amines is 2. The summed E-state index contributed by atoms with van der Waals surface area (Å²) in [5.74, 6) is -2.25. The number of carboxylic acids is 2. The third-order valence-corrected chi connectivity index (χ3v) is 7.90. The topological polar surface area (TPSA) is 218 Å². The van der Waals surface area contributed by atoms with Crippen LogP contribution >= 0.6 is 0 Å². The minimum Gasteiger partial charge on any atom is -0.478 e. The quantitative estimate of drug-likeness (QED) is 0.106. The summed E-state index contributed by atoms with van der Waals surface area (Å²) in [5, 5.41) is 43.8. The van der Waals surface area contributed by atoms with Crippen molar-refractivity contribution in [3.63, 3.8) is 0 Å². The van der Waals surface area contributed by atoms with Crippen LogP contribution in [-0.2, 0) is 0 Å². The average Bonchev–Trinajstić information content (AvgIpc) is 3.88. The molecule has 4 N–H and O–H groups in total. The number of aromatic nitrogens is 4. The molecule has 8 bridgehead atoms. The number of nitro groups is 2. The SMILES string of the molecule is O=C(O)c1ccc(-c2c3nc(c([N+](=O)[O-])c4ccc([nH]4)c(-c4ccc(C(=O)O)cc4)c4nc(c([N+](=O)[O-])c5ccc2[nH]5)C=C4)C=C3)cc1. The Morgan fingerprint density at radius 1 is 0.521 bits per heavy atom. The van der Waals surface area contributed by atoms with E-state index in [1.807, 2.05) is 0 Å². The maximum Gasteiger partial charge on any atom is 0.335 e. The number of H-pyrrole nitrogens is 2. The van der Waals surface area contributed by atoms with Gasteiger partial charge in [-0.3, -0.25) is 20.2 Å². The van der Waals surface area contributed by atoms with Gasteiger partial charge >= 0.3 is 23.3 Å². The van der Waals surface area contributed by atoms with E-state index >= 15 is 0 Å². The molecule has 7 rings (SSSR count). The molecule has 234 valence electrons. The van der Waals surface area contributed by atoms with E-state index in [2.05, 4.69) is 19.9 Å². The number of hydrogen-bond acceptors (Lipinski definition) is 8. The van der Waals surface area contributed by atoms with Gasteiger partial charge in [-0.05, 0) is 84.0 Å². The lowest BCUT2D eigenvalue weighted by atomic mass is 10.0. The lowest BCUT2D eigenvalue weighted by molar-refractivity contribution is -0.383. The van der Waals surface area contributed by atoms with Crippen molar-refractivity contribution >= 4 is 69.7 Å². The summed E-state index contributed by atoms with van der Waals surface area (Å²) in [6.45, 7) is 0. The van der Waals surface area contributed by atoms with Gasteiger partial charge in [-0.15, -0.1) is 0 Å². The van der Waals surface area contributed by atoms with Gasteiger partial charge in [-0.1, -0.05) is 24.3 Å². The lowest BCUT2D eigenvalue weighted by Gasteiger charge is -2.05. The standard InChI is InChI=1S/C34H20N6O8/c41-33(42)19-5-1-17(2-6-19)29-21-9-13-25(35-21)31(39(45)46)27-15-11-23(37-27)30(18-3-7-20(8-4-18)34(43)44)24-12-16-28(38-24)32(40(47)48)26-14-10-22(29)36-26/h1-16,35,38H,(H,41,42)(H,43,44). The van der Waals surface area contributed by atoms with Crippen LogP contribution in [0.3, 0.4) is 0 Å². The predicted molar refractivity (Wildman–Crippen MR) is 177 cm³/mol. The first-order chi connectivity index (χ1) is 23.1. The number of aromatic carboxylic acids is 2. The van der Waals surface area contributed by atoms with Crippen molar-refractivity contribution in [3.8, 4) is 22.3 Å². The number of carbonyl (C=O) groups is 2. The van der Waals surface area contributed by atoms with Crippen LogP contribution in [0, 0.1) is 20.2 Å². The van der Waals surface area contributed by atoms with Gasteiger partial charge in [-0.25, -0.2) is 19.6 Å². The highest BCUT2D eigenvalue weighted by Crippen LogP contribution is 2.37. The second-order valence-corrected chi connectivity index (χ2v) is 10.7. The Balaban J connectivity index is 1.63. The van der Waals surface area contributed by atoms with Crippen LogP contribution in [0.1, 0.15) is 43.5 Å². The summed E-state index contributed by atoms with van der Waals surface area (Å²) in [6, 6.07) is 18.1. The molecule has 14 nitrogen and oxygen atoms in total. The van der Waals surface area contributed by atoms with Crippen LogP contribution < -0.4 is 0 Å². The fourth-order valence-corrected chi connectivity index (χ4v) is 5.73.